The maximum atomic E-state index is 14.0. The van der Waals surface area contributed by atoms with Crippen LogP contribution in [0.4, 0.5) is 4.39 Å². The van der Waals surface area contributed by atoms with E-state index in [9.17, 15) is 9.50 Å². The zero-order valence-electron chi connectivity index (χ0n) is 12.1. The summed E-state index contributed by atoms with van der Waals surface area (Å²) >= 11 is 5.80. The van der Waals surface area contributed by atoms with Gasteiger partial charge in [0.25, 0.3) is 0 Å². The third-order valence-electron chi connectivity index (χ3n) is 3.28. The number of aromatic hydroxyl groups is 1. The summed E-state index contributed by atoms with van der Waals surface area (Å²) in [5.74, 6) is 0.187. The average Bonchev–Trinajstić information content (AvgIpc) is 3.02. The molecule has 0 spiro atoms. The van der Waals surface area contributed by atoms with Gasteiger partial charge in [0.15, 0.2) is 5.82 Å². The predicted molar refractivity (Wildman–Crippen MR) is 83.2 cm³/mol. The minimum Gasteiger partial charge on any atom is -0.507 e. The first-order valence-corrected chi connectivity index (χ1v) is 7.61. The highest BCUT2D eigenvalue weighted by molar-refractivity contribution is 6.30. The minimum atomic E-state index is -0.438. The third-order valence-corrected chi connectivity index (χ3v) is 3.52. The van der Waals surface area contributed by atoms with E-state index >= 15 is 0 Å². The maximum absolute atomic E-state index is 14.0. The molecule has 2 N–H and O–H groups in total. The van der Waals surface area contributed by atoms with Crippen molar-refractivity contribution in [1.82, 2.24) is 20.6 Å². The second-order valence-electron chi connectivity index (χ2n) is 4.99. The van der Waals surface area contributed by atoms with E-state index in [2.05, 4.69) is 20.6 Å². The standard InChI is InChI=1S/C15H18ClFN4O/c16-11-8-9-14(22)12(10-11)13(17)6-4-2-1-3-5-7-15-18-20-21-19-15/h6,8-10,22H,1-5,7H2,(H,18,19,20,21)/b13-6+. The first-order valence-electron chi connectivity index (χ1n) is 7.23. The number of allylic oxidation sites excluding steroid dienone is 1. The smallest absolute Gasteiger partial charge is 0.174 e. The van der Waals surface area contributed by atoms with E-state index < -0.39 is 5.83 Å². The molecular weight excluding hydrogens is 307 g/mol. The van der Waals surface area contributed by atoms with Gasteiger partial charge in [-0.15, -0.1) is 10.2 Å². The van der Waals surface area contributed by atoms with Gasteiger partial charge >= 0.3 is 0 Å². The van der Waals surface area contributed by atoms with E-state index in [-0.39, 0.29) is 11.3 Å². The zero-order valence-corrected chi connectivity index (χ0v) is 12.9. The highest BCUT2D eigenvalue weighted by Gasteiger charge is 2.07. The Balaban J connectivity index is 1.67. The molecule has 5 nitrogen and oxygen atoms in total. The summed E-state index contributed by atoms with van der Waals surface area (Å²) in [6.45, 7) is 0. The Bertz CT molecular complexity index is 616. The van der Waals surface area contributed by atoms with Gasteiger partial charge in [0.1, 0.15) is 11.6 Å². The lowest BCUT2D eigenvalue weighted by Gasteiger charge is -2.03. The molecule has 0 amide bonds. The molecule has 22 heavy (non-hydrogen) atoms. The lowest BCUT2D eigenvalue weighted by Crippen LogP contribution is -1.89. The number of nitrogens with one attached hydrogen (secondary N) is 1. The summed E-state index contributed by atoms with van der Waals surface area (Å²) < 4.78 is 14.0. The van der Waals surface area contributed by atoms with Gasteiger partial charge in [0, 0.05) is 11.4 Å². The number of tetrazole rings is 1. The molecule has 118 valence electrons. The molecule has 2 rings (SSSR count). The molecular formula is C15H18ClFN4O. The average molecular weight is 325 g/mol. The van der Waals surface area contributed by atoms with Crippen LogP contribution in [0.25, 0.3) is 5.83 Å². The van der Waals surface area contributed by atoms with E-state index in [1.807, 2.05) is 0 Å². The topological polar surface area (TPSA) is 74.7 Å². The molecule has 0 aliphatic heterocycles. The molecule has 0 radical (unpaired) electrons. The maximum Gasteiger partial charge on any atom is 0.174 e. The number of halogens is 2. The number of hydrogen-bond acceptors (Lipinski definition) is 4. The second kappa shape index (κ2) is 8.48. The predicted octanol–water partition coefficient (Wildman–Crippen LogP) is 4.06. The fraction of sp³-hybridized carbons (Fsp3) is 0.400. The molecule has 0 bridgehead atoms. The molecule has 1 aromatic heterocycles. The van der Waals surface area contributed by atoms with Crippen LogP contribution in [0.1, 0.15) is 43.5 Å². The van der Waals surface area contributed by atoms with Crippen LogP contribution in [-0.2, 0) is 6.42 Å². The van der Waals surface area contributed by atoms with Crippen molar-refractivity contribution >= 4 is 17.4 Å². The fourth-order valence-electron chi connectivity index (χ4n) is 2.11. The number of rotatable bonds is 8. The largest absolute Gasteiger partial charge is 0.507 e. The van der Waals surface area contributed by atoms with Crippen LogP contribution in [0, 0.1) is 0 Å². The molecule has 0 unspecified atom stereocenters. The van der Waals surface area contributed by atoms with Crippen LogP contribution in [0.5, 0.6) is 5.75 Å². The van der Waals surface area contributed by atoms with Crippen LogP contribution in [0.15, 0.2) is 24.3 Å². The van der Waals surface area contributed by atoms with E-state index in [4.69, 9.17) is 11.6 Å². The van der Waals surface area contributed by atoms with Crippen LogP contribution in [-0.4, -0.2) is 25.7 Å². The Morgan fingerprint density at radius 3 is 2.86 bits per heavy atom. The molecule has 7 heteroatoms. The van der Waals surface area contributed by atoms with Crippen molar-refractivity contribution in [3.8, 4) is 5.75 Å². The number of unbranched alkanes of at least 4 members (excludes halogenated alkanes) is 4. The van der Waals surface area contributed by atoms with E-state index in [1.54, 1.807) is 0 Å². The molecule has 0 aliphatic rings. The Kier molecular flexibility index (Phi) is 6.33. The van der Waals surface area contributed by atoms with Gasteiger partial charge in [-0.1, -0.05) is 29.7 Å². The molecule has 0 saturated heterocycles. The number of phenols is 1. The van der Waals surface area contributed by atoms with Crippen molar-refractivity contribution in [3.63, 3.8) is 0 Å². The third kappa shape index (κ3) is 5.11. The summed E-state index contributed by atoms with van der Waals surface area (Å²) in [5.41, 5.74) is 0.143. The molecule has 0 aliphatic carbocycles. The van der Waals surface area contributed by atoms with Gasteiger partial charge in [-0.2, -0.15) is 5.21 Å². The summed E-state index contributed by atoms with van der Waals surface area (Å²) in [4.78, 5) is 0. The van der Waals surface area contributed by atoms with Crippen LogP contribution in [0.3, 0.4) is 0 Å². The summed E-state index contributed by atoms with van der Waals surface area (Å²) in [5, 5.41) is 23.7. The van der Waals surface area contributed by atoms with E-state index in [0.717, 1.165) is 37.9 Å². The SMILES string of the molecule is Oc1ccc(Cl)cc1/C(F)=C\CCCCCCc1nn[nH]n1. The first-order chi connectivity index (χ1) is 10.7. The molecule has 0 saturated carbocycles. The van der Waals surface area contributed by atoms with Gasteiger partial charge in [-0.3, -0.25) is 0 Å². The van der Waals surface area contributed by atoms with Gasteiger partial charge in [0.2, 0.25) is 0 Å². The Labute approximate surface area is 133 Å². The number of H-pyrrole nitrogens is 1. The van der Waals surface area contributed by atoms with Gasteiger partial charge in [0.05, 0.1) is 5.56 Å². The lowest BCUT2D eigenvalue weighted by atomic mass is 10.1. The van der Waals surface area contributed by atoms with Crippen molar-refractivity contribution < 1.29 is 9.50 Å². The van der Waals surface area contributed by atoms with Crippen LogP contribution in [0.2, 0.25) is 5.02 Å². The Morgan fingerprint density at radius 1 is 1.27 bits per heavy atom. The van der Waals surface area contributed by atoms with Crippen molar-refractivity contribution in [2.75, 3.05) is 0 Å². The van der Waals surface area contributed by atoms with Gasteiger partial charge < -0.3 is 5.11 Å². The van der Waals surface area contributed by atoms with Crippen molar-refractivity contribution in [2.24, 2.45) is 0 Å². The fourth-order valence-corrected chi connectivity index (χ4v) is 2.28. The van der Waals surface area contributed by atoms with E-state index in [1.165, 1.54) is 24.3 Å². The minimum absolute atomic E-state index is 0.0988. The second-order valence-corrected chi connectivity index (χ2v) is 5.43. The number of hydrogen-bond donors (Lipinski definition) is 2. The summed E-state index contributed by atoms with van der Waals surface area (Å²) in [6, 6.07) is 4.34. The summed E-state index contributed by atoms with van der Waals surface area (Å²) in [7, 11) is 0. The lowest BCUT2D eigenvalue weighted by molar-refractivity contribution is 0.471. The van der Waals surface area contributed by atoms with Crippen LogP contribution < -0.4 is 0 Å². The van der Waals surface area contributed by atoms with Crippen molar-refractivity contribution in [3.05, 3.63) is 40.7 Å². The summed E-state index contributed by atoms with van der Waals surface area (Å²) in [6.07, 6.45) is 6.83. The van der Waals surface area contributed by atoms with Crippen molar-refractivity contribution in [1.29, 1.82) is 0 Å². The molecule has 0 atom stereocenters. The Morgan fingerprint density at radius 2 is 2.09 bits per heavy atom. The Hall–Kier alpha value is -1.95. The quantitative estimate of drug-likeness (QED) is 0.718. The van der Waals surface area contributed by atoms with Crippen molar-refractivity contribution in [2.45, 2.75) is 38.5 Å². The molecule has 1 heterocycles. The number of aromatic nitrogens is 4. The first kappa shape index (κ1) is 16.4. The molecule has 0 fully saturated rings. The van der Waals surface area contributed by atoms with E-state index in [0.29, 0.717) is 11.4 Å². The number of phenolic OH excluding ortho intramolecular Hbond substituents is 1. The zero-order chi connectivity index (χ0) is 15.8. The monoisotopic (exact) mass is 324 g/mol. The number of benzene rings is 1. The highest BCUT2D eigenvalue weighted by atomic mass is 35.5. The molecule has 1 aromatic carbocycles. The van der Waals surface area contributed by atoms with Gasteiger partial charge in [-0.05, 0) is 43.5 Å². The normalized spacial score (nSPS) is 11.8. The number of aromatic amines is 1. The number of aryl methyl sites for hydroxylation is 1. The van der Waals surface area contributed by atoms with Gasteiger partial charge in [-0.25, -0.2) is 4.39 Å². The number of nitrogens with zero attached hydrogens (tertiary/aromatic N) is 3. The van der Waals surface area contributed by atoms with Crippen LogP contribution >= 0.6 is 11.6 Å². The highest BCUT2D eigenvalue weighted by Crippen LogP contribution is 2.29. The molecule has 2 aromatic rings.